The van der Waals surface area contributed by atoms with Gasteiger partial charge < -0.3 is 4.74 Å². The van der Waals surface area contributed by atoms with E-state index in [1.165, 1.54) is 18.3 Å². The van der Waals surface area contributed by atoms with Gasteiger partial charge in [-0.25, -0.2) is 5.43 Å². The number of benzene rings is 2. The van der Waals surface area contributed by atoms with Crippen molar-refractivity contribution in [3.8, 4) is 5.75 Å². The van der Waals surface area contributed by atoms with Crippen molar-refractivity contribution in [2.45, 2.75) is 6.18 Å². The summed E-state index contributed by atoms with van der Waals surface area (Å²) in [6.07, 6.45) is -3.09. The molecule has 4 nitrogen and oxygen atoms in total. The van der Waals surface area contributed by atoms with E-state index in [4.69, 9.17) is 4.74 Å². The van der Waals surface area contributed by atoms with E-state index >= 15 is 0 Å². The predicted molar refractivity (Wildman–Crippen MR) is 105 cm³/mol. The van der Waals surface area contributed by atoms with Gasteiger partial charge in [0.25, 0.3) is 5.91 Å². The minimum absolute atomic E-state index is 0.120. The highest BCUT2D eigenvalue weighted by Gasteiger charge is 2.30. The topological polar surface area (TPSA) is 50.7 Å². The fourth-order valence-corrected chi connectivity index (χ4v) is 4.17. The maximum Gasteiger partial charge on any atom is 0.416 e. The average Bonchev–Trinajstić information content (AvgIpc) is 2.54. The lowest BCUT2D eigenvalue weighted by molar-refractivity contribution is -0.137. The summed E-state index contributed by atoms with van der Waals surface area (Å²) < 4.78 is 45.0. The van der Waals surface area contributed by atoms with Crippen LogP contribution in [0.5, 0.6) is 5.75 Å². The number of ether oxygens (including phenoxy) is 1. The Labute approximate surface area is 169 Å². The van der Waals surface area contributed by atoms with Gasteiger partial charge in [0, 0.05) is 5.56 Å². The summed E-state index contributed by atoms with van der Waals surface area (Å²) in [5.74, 6) is 0.0200. The first-order valence-electron chi connectivity index (χ1n) is 6.76. The van der Waals surface area contributed by atoms with E-state index in [1.807, 2.05) is 12.1 Å². The van der Waals surface area contributed by atoms with Gasteiger partial charge in [-0.2, -0.15) is 18.3 Å². The fourth-order valence-electron chi connectivity index (χ4n) is 1.92. The van der Waals surface area contributed by atoms with Crippen molar-refractivity contribution in [1.29, 1.82) is 0 Å². The number of methoxy groups -OCH3 is 1. The molecule has 1 N–H and O–H groups in total. The lowest BCUT2D eigenvalue weighted by Crippen LogP contribution is -2.18. The molecule has 0 spiro atoms. The molecule has 0 unspecified atom stereocenters. The Balaban J connectivity index is 2.11. The van der Waals surface area contributed by atoms with Crippen LogP contribution in [0.25, 0.3) is 0 Å². The Hall–Kier alpha value is -1.37. The molecule has 132 valence electrons. The van der Waals surface area contributed by atoms with Crippen LogP contribution in [0.15, 0.2) is 41.5 Å². The number of hydrazone groups is 1. The van der Waals surface area contributed by atoms with Crippen LogP contribution in [-0.4, -0.2) is 19.2 Å². The molecule has 0 aliphatic carbocycles. The summed E-state index contributed by atoms with van der Waals surface area (Å²) in [7, 11) is 1.57. The predicted octanol–water partition coefficient (Wildman–Crippen LogP) is 4.69. The van der Waals surface area contributed by atoms with Crippen molar-refractivity contribution in [1.82, 2.24) is 5.43 Å². The third kappa shape index (κ3) is 5.30. The first kappa shape index (κ1) is 19.9. The van der Waals surface area contributed by atoms with Gasteiger partial charge in [0.1, 0.15) is 5.75 Å². The first-order chi connectivity index (χ1) is 11.7. The number of carbonyl (C=O) groups excluding carboxylic acids is 1. The minimum Gasteiger partial charge on any atom is -0.495 e. The van der Waals surface area contributed by atoms with E-state index in [0.717, 1.165) is 30.6 Å². The molecule has 9 heteroatoms. The van der Waals surface area contributed by atoms with Crippen LogP contribution in [-0.2, 0) is 6.18 Å². The number of nitrogens with zero attached hydrogens (tertiary/aromatic N) is 1. The molecule has 2 aromatic carbocycles. The van der Waals surface area contributed by atoms with Gasteiger partial charge in [-0.1, -0.05) is 6.07 Å². The van der Waals surface area contributed by atoms with Gasteiger partial charge in [-0.15, -0.1) is 0 Å². The Morgan fingerprint density at radius 3 is 2.40 bits per heavy atom. The SMILES string of the molecule is COc1c(I)cc(/C=N\NC(=O)c2cccc(C(F)(F)F)c2)cc1I. The van der Waals surface area contributed by atoms with Crippen molar-refractivity contribution in [3.05, 3.63) is 60.2 Å². The van der Waals surface area contributed by atoms with E-state index < -0.39 is 17.6 Å². The van der Waals surface area contributed by atoms with Crippen LogP contribution in [0, 0.1) is 7.14 Å². The molecule has 0 radical (unpaired) electrons. The molecule has 0 atom stereocenters. The number of rotatable bonds is 4. The average molecular weight is 574 g/mol. The van der Waals surface area contributed by atoms with Crippen LogP contribution in [0.3, 0.4) is 0 Å². The lowest BCUT2D eigenvalue weighted by atomic mass is 10.1. The molecule has 2 rings (SSSR count). The molecule has 1 amide bonds. The molecule has 0 saturated heterocycles. The number of hydrogen-bond acceptors (Lipinski definition) is 3. The van der Waals surface area contributed by atoms with Crippen molar-refractivity contribution < 1.29 is 22.7 Å². The van der Waals surface area contributed by atoms with E-state index in [-0.39, 0.29) is 5.56 Å². The van der Waals surface area contributed by atoms with Crippen molar-refractivity contribution >= 4 is 57.3 Å². The molecular weight excluding hydrogens is 563 g/mol. The molecule has 0 fully saturated rings. The number of amides is 1. The number of nitrogens with one attached hydrogen (secondary N) is 1. The molecular formula is C16H11F3I2N2O2. The van der Waals surface area contributed by atoms with Crippen LogP contribution >= 0.6 is 45.2 Å². The Morgan fingerprint density at radius 1 is 1.20 bits per heavy atom. The van der Waals surface area contributed by atoms with Crippen molar-refractivity contribution in [2.24, 2.45) is 5.10 Å². The summed E-state index contributed by atoms with van der Waals surface area (Å²) in [6, 6.07) is 7.77. The first-order valence-corrected chi connectivity index (χ1v) is 8.92. The number of hydrogen-bond donors (Lipinski definition) is 1. The summed E-state index contributed by atoms with van der Waals surface area (Å²) >= 11 is 4.22. The zero-order valence-electron chi connectivity index (χ0n) is 12.7. The van der Waals surface area contributed by atoms with E-state index in [2.05, 4.69) is 55.7 Å². The van der Waals surface area contributed by atoms with Crippen LogP contribution in [0.2, 0.25) is 0 Å². The summed E-state index contributed by atoms with van der Waals surface area (Å²) in [4.78, 5) is 11.9. The Morgan fingerprint density at radius 2 is 1.84 bits per heavy atom. The number of halogens is 5. The van der Waals surface area contributed by atoms with Gasteiger partial charge in [-0.05, 0) is 81.1 Å². The quantitative estimate of drug-likeness (QED) is 0.328. The second-order valence-electron chi connectivity index (χ2n) is 4.80. The van der Waals surface area contributed by atoms with E-state index in [0.29, 0.717) is 0 Å². The molecule has 0 heterocycles. The van der Waals surface area contributed by atoms with Gasteiger partial charge >= 0.3 is 6.18 Å². The molecule has 2 aromatic rings. The van der Waals surface area contributed by atoms with Crippen molar-refractivity contribution in [3.63, 3.8) is 0 Å². The Bertz CT molecular complexity index is 800. The second-order valence-corrected chi connectivity index (χ2v) is 7.12. The third-order valence-corrected chi connectivity index (χ3v) is 4.66. The minimum atomic E-state index is -4.50. The highest BCUT2D eigenvalue weighted by molar-refractivity contribution is 14.1. The maximum absolute atomic E-state index is 12.7. The van der Waals surface area contributed by atoms with Crippen LogP contribution < -0.4 is 10.2 Å². The normalized spacial score (nSPS) is 11.6. The Kier molecular flexibility index (Phi) is 6.65. The highest BCUT2D eigenvalue weighted by atomic mass is 127. The largest absolute Gasteiger partial charge is 0.495 e. The second kappa shape index (κ2) is 8.34. The lowest BCUT2D eigenvalue weighted by Gasteiger charge is -2.08. The zero-order chi connectivity index (χ0) is 18.6. The third-order valence-electron chi connectivity index (χ3n) is 3.06. The molecule has 25 heavy (non-hydrogen) atoms. The van der Waals surface area contributed by atoms with Gasteiger partial charge in [0.05, 0.1) is 26.0 Å². The van der Waals surface area contributed by atoms with Gasteiger partial charge in [0.15, 0.2) is 0 Å². The summed E-state index contributed by atoms with van der Waals surface area (Å²) in [5.41, 5.74) is 1.94. The summed E-state index contributed by atoms with van der Waals surface area (Å²) in [5, 5.41) is 3.79. The van der Waals surface area contributed by atoms with E-state index in [1.54, 1.807) is 7.11 Å². The maximum atomic E-state index is 12.7. The van der Waals surface area contributed by atoms with Crippen molar-refractivity contribution in [2.75, 3.05) is 7.11 Å². The summed E-state index contributed by atoms with van der Waals surface area (Å²) in [6.45, 7) is 0. The smallest absolute Gasteiger partial charge is 0.416 e. The van der Waals surface area contributed by atoms with Gasteiger partial charge in [-0.3, -0.25) is 4.79 Å². The fraction of sp³-hybridized carbons (Fsp3) is 0.125. The molecule has 0 saturated carbocycles. The standard InChI is InChI=1S/C16H11F3I2N2O2/c1-25-14-12(20)5-9(6-13(14)21)8-22-23-15(24)10-3-2-4-11(7-10)16(17,18)19/h2-8H,1H3,(H,23,24)/b22-8-. The van der Waals surface area contributed by atoms with Crippen LogP contribution in [0.1, 0.15) is 21.5 Å². The number of carbonyl (C=O) groups is 1. The molecule has 0 aliphatic heterocycles. The van der Waals surface area contributed by atoms with E-state index in [9.17, 15) is 18.0 Å². The van der Waals surface area contributed by atoms with Gasteiger partial charge in [0.2, 0.25) is 0 Å². The molecule has 0 aromatic heterocycles. The zero-order valence-corrected chi connectivity index (χ0v) is 17.0. The monoisotopic (exact) mass is 574 g/mol. The molecule has 0 bridgehead atoms. The number of alkyl halides is 3. The molecule has 0 aliphatic rings. The highest BCUT2D eigenvalue weighted by Crippen LogP contribution is 2.29. The van der Waals surface area contributed by atoms with Crippen LogP contribution in [0.4, 0.5) is 13.2 Å².